The number of nitrogens with one attached hydrogen (secondary N) is 1. The highest BCUT2D eigenvalue weighted by Crippen LogP contribution is 2.32. The first-order chi connectivity index (χ1) is 13.6. The van der Waals surface area contributed by atoms with Crippen LogP contribution in [0.3, 0.4) is 0 Å². The van der Waals surface area contributed by atoms with Gasteiger partial charge in [-0.2, -0.15) is 5.01 Å². The smallest absolute Gasteiger partial charge is 0.273 e. The topological polar surface area (TPSA) is 49.4 Å². The number of fused-ring (bicyclic) bond motifs is 1. The van der Waals surface area contributed by atoms with Crippen LogP contribution < -0.4 is 5.43 Å². The monoisotopic (exact) mass is 404 g/mol. The molecular formula is C22H16N2O2S2. The van der Waals surface area contributed by atoms with Crippen molar-refractivity contribution in [3.05, 3.63) is 88.8 Å². The molecule has 6 heteroatoms. The highest BCUT2D eigenvalue weighted by atomic mass is 32.2. The molecule has 4 rings (SSSR count). The maximum atomic E-state index is 12.8. The van der Waals surface area contributed by atoms with Crippen LogP contribution in [-0.2, 0) is 16.0 Å². The first-order valence-electron chi connectivity index (χ1n) is 8.71. The standard InChI is InChI=1S/C22H16N2O2S2/c25-20(13-15-7-2-1-3-8-15)23-24-21(26)19(28-22(24)27)14-17-11-6-10-16-9-4-5-12-18(16)17/h1-12,14H,13H2,(H,23,25). The maximum Gasteiger partial charge on any atom is 0.285 e. The highest BCUT2D eigenvalue weighted by molar-refractivity contribution is 8.26. The normalized spacial score (nSPS) is 15.4. The van der Waals surface area contributed by atoms with Crippen molar-refractivity contribution in [3.8, 4) is 0 Å². The molecule has 0 aliphatic carbocycles. The van der Waals surface area contributed by atoms with Gasteiger partial charge in [0, 0.05) is 0 Å². The Balaban J connectivity index is 1.53. The zero-order valence-corrected chi connectivity index (χ0v) is 16.4. The summed E-state index contributed by atoms with van der Waals surface area (Å²) in [4.78, 5) is 25.6. The maximum absolute atomic E-state index is 12.8. The molecule has 1 aliphatic rings. The van der Waals surface area contributed by atoms with Gasteiger partial charge in [0.1, 0.15) is 0 Å². The molecule has 0 unspecified atom stereocenters. The van der Waals surface area contributed by atoms with Gasteiger partial charge < -0.3 is 0 Å². The van der Waals surface area contributed by atoms with Crippen LogP contribution in [0.15, 0.2) is 77.7 Å². The van der Waals surface area contributed by atoms with Gasteiger partial charge in [0.25, 0.3) is 5.91 Å². The molecule has 1 aliphatic heterocycles. The van der Waals surface area contributed by atoms with Crippen LogP contribution in [-0.4, -0.2) is 21.1 Å². The summed E-state index contributed by atoms with van der Waals surface area (Å²) in [6.45, 7) is 0. The van der Waals surface area contributed by atoms with Crippen molar-refractivity contribution in [1.82, 2.24) is 10.4 Å². The predicted molar refractivity (Wildman–Crippen MR) is 117 cm³/mol. The van der Waals surface area contributed by atoms with E-state index in [0.717, 1.165) is 26.9 Å². The summed E-state index contributed by atoms with van der Waals surface area (Å²) in [5.41, 5.74) is 4.43. The molecule has 0 bridgehead atoms. The lowest BCUT2D eigenvalue weighted by Gasteiger charge is -2.15. The Morgan fingerprint density at radius 1 is 1.00 bits per heavy atom. The molecule has 0 aromatic heterocycles. The molecule has 4 nitrogen and oxygen atoms in total. The molecule has 0 spiro atoms. The lowest BCUT2D eigenvalue weighted by atomic mass is 10.0. The number of carbonyl (C=O) groups excluding carboxylic acids is 2. The molecular weight excluding hydrogens is 388 g/mol. The van der Waals surface area contributed by atoms with Crippen LogP contribution in [0.25, 0.3) is 16.8 Å². The Hall–Kier alpha value is -2.96. The Morgan fingerprint density at radius 2 is 1.71 bits per heavy atom. The average molecular weight is 405 g/mol. The van der Waals surface area contributed by atoms with Gasteiger partial charge in [-0.05, 0) is 40.2 Å². The number of thioether (sulfide) groups is 1. The van der Waals surface area contributed by atoms with E-state index >= 15 is 0 Å². The van der Waals surface area contributed by atoms with Crippen LogP contribution in [0.4, 0.5) is 0 Å². The van der Waals surface area contributed by atoms with Gasteiger partial charge in [-0.1, -0.05) is 84.6 Å². The number of amides is 2. The van der Waals surface area contributed by atoms with Crippen molar-refractivity contribution in [2.75, 3.05) is 0 Å². The first kappa shape index (κ1) is 18.4. The zero-order chi connectivity index (χ0) is 19.5. The van der Waals surface area contributed by atoms with E-state index in [2.05, 4.69) is 5.43 Å². The Labute approximate surface area is 172 Å². The lowest BCUT2D eigenvalue weighted by molar-refractivity contribution is -0.132. The van der Waals surface area contributed by atoms with Gasteiger partial charge >= 0.3 is 0 Å². The van der Waals surface area contributed by atoms with E-state index in [-0.39, 0.29) is 18.2 Å². The second-order valence-electron chi connectivity index (χ2n) is 6.28. The minimum absolute atomic E-state index is 0.181. The fourth-order valence-corrected chi connectivity index (χ4v) is 4.20. The number of hydrazine groups is 1. The average Bonchev–Trinajstić information content (AvgIpc) is 2.96. The van der Waals surface area contributed by atoms with Gasteiger partial charge in [-0.3, -0.25) is 15.0 Å². The van der Waals surface area contributed by atoms with Crippen molar-refractivity contribution in [3.63, 3.8) is 0 Å². The van der Waals surface area contributed by atoms with Crippen molar-refractivity contribution in [2.45, 2.75) is 6.42 Å². The number of nitrogens with zero attached hydrogens (tertiary/aromatic N) is 1. The summed E-state index contributed by atoms with van der Waals surface area (Å²) < 4.78 is 0.317. The van der Waals surface area contributed by atoms with E-state index in [1.807, 2.05) is 78.9 Å². The Morgan fingerprint density at radius 3 is 2.54 bits per heavy atom. The number of hydrogen-bond acceptors (Lipinski definition) is 4. The van der Waals surface area contributed by atoms with Gasteiger partial charge in [-0.25, -0.2) is 0 Å². The predicted octanol–water partition coefficient (Wildman–Crippen LogP) is 4.31. The van der Waals surface area contributed by atoms with Crippen LogP contribution in [0.1, 0.15) is 11.1 Å². The fraction of sp³-hybridized carbons (Fsp3) is 0.0455. The second-order valence-corrected chi connectivity index (χ2v) is 7.96. The molecule has 1 N–H and O–H groups in total. The van der Waals surface area contributed by atoms with Crippen LogP contribution in [0.5, 0.6) is 0 Å². The number of thiocarbonyl (C=S) groups is 1. The minimum atomic E-state index is -0.315. The van der Waals surface area contributed by atoms with E-state index in [4.69, 9.17) is 12.2 Å². The van der Waals surface area contributed by atoms with E-state index < -0.39 is 0 Å². The Bertz CT molecular complexity index is 1100. The number of hydrogen-bond donors (Lipinski definition) is 1. The quantitative estimate of drug-likeness (QED) is 0.520. The summed E-state index contributed by atoms with van der Waals surface area (Å²) in [6.07, 6.45) is 2.01. The summed E-state index contributed by atoms with van der Waals surface area (Å²) in [6, 6.07) is 23.3. The number of carbonyl (C=O) groups is 2. The SMILES string of the molecule is O=C(Cc1ccccc1)NN1C(=O)C(=Cc2cccc3ccccc23)SC1=S. The van der Waals surface area contributed by atoms with E-state index in [0.29, 0.717) is 9.23 Å². The van der Waals surface area contributed by atoms with Crippen molar-refractivity contribution in [1.29, 1.82) is 0 Å². The molecule has 1 heterocycles. The second kappa shape index (κ2) is 7.96. The Kier molecular flexibility index (Phi) is 5.23. The third-order valence-electron chi connectivity index (χ3n) is 4.35. The summed E-state index contributed by atoms with van der Waals surface area (Å²) in [5.74, 6) is -0.599. The van der Waals surface area contributed by atoms with Crippen LogP contribution in [0, 0.1) is 0 Å². The first-order valence-corrected chi connectivity index (χ1v) is 9.93. The summed E-state index contributed by atoms with van der Waals surface area (Å²) in [7, 11) is 0. The van der Waals surface area contributed by atoms with Crippen LogP contribution >= 0.6 is 24.0 Å². The molecule has 0 saturated carbocycles. The molecule has 0 radical (unpaired) electrons. The largest absolute Gasteiger partial charge is 0.285 e. The van der Waals surface area contributed by atoms with Gasteiger partial charge in [0.15, 0.2) is 4.32 Å². The third kappa shape index (κ3) is 3.83. The molecule has 2 amide bonds. The van der Waals surface area contributed by atoms with E-state index in [1.165, 1.54) is 11.8 Å². The fourth-order valence-electron chi connectivity index (χ4n) is 3.03. The zero-order valence-electron chi connectivity index (χ0n) is 14.8. The minimum Gasteiger partial charge on any atom is -0.273 e. The molecule has 1 fully saturated rings. The van der Waals surface area contributed by atoms with Gasteiger partial charge in [0.2, 0.25) is 5.91 Å². The highest BCUT2D eigenvalue weighted by Gasteiger charge is 2.33. The van der Waals surface area contributed by atoms with Crippen molar-refractivity contribution >= 4 is 57.0 Å². The van der Waals surface area contributed by atoms with Crippen LogP contribution in [0.2, 0.25) is 0 Å². The van der Waals surface area contributed by atoms with Crippen molar-refractivity contribution < 1.29 is 9.59 Å². The third-order valence-corrected chi connectivity index (χ3v) is 5.65. The summed E-state index contributed by atoms with van der Waals surface area (Å²) >= 11 is 6.49. The molecule has 1 saturated heterocycles. The van der Waals surface area contributed by atoms with E-state index in [1.54, 1.807) is 0 Å². The van der Waals surface area contributed by atoms with E-state index in [9.17, 15) is 9.59 Å². The van der Waals surface area contributed by atoms with Gasteiger partial charge in [-0.15, -0.1) is 0 Å². The van der Waals surface area contributed by atoms with Crippen molar-refractivity contribution in [2.24, 2.45) is 0 Å². The molecule has 28 heavy (non-hydrogen) atoms. The van der Waals surface area contributed by atoms with Gasteiger partial charge in [0.05, 0.1) is 11.3 Å². The lowest BCUT2D eigenvalue weighted by Crippen LogP contribution is -2.45. The molecule has 0 atom stereocenters. The number of benzene rings is 3. The molecule has 3 aromatic carbocycles. The molecule has 138 valence electrons. The summed E-state index contributed by atoms with van der Waals surface area (Å²) in [5, 5.41) is 3.31. The molecule has 3 aromatic rings. The number of rotatable bonds is 4.